The van der Waals surface area contributed by atoms with Gasteiger partial charge in [0.2, 0.25) is 65.0 Å². The molecule has 9 atom stereocenters. The van der Waals surface area contributed by atoms with Crippen LogP contribution in [0.25, 0.3) is 0 Å². The number of likely N-dealkylation sites (tertiary alicyclic amines) is 1. The molecule has 1 aromatic rings. The molecule has 0 unspecified atom stereocenters. The summed E-state index contributed by atoms with van der Waals surface area (Å²) >= 11 is 1.12. The second-order valence-corrected chi connectivity index (χ2v) is 18.8. The van der Waals surface area contributed by atoms with Crippen molar-refractivity contribution < 1.29 is 57.8 Å². The highest BCUT2D eigenvalue weighted by molar-refractivity contribution is 7.99. The van der Waals surface area contributed by atoms with E-state index in [0.29, 0.717) is 18.4 Å². The van der Waals surface area contributed by atoms with E-state index < -0.39 is 145 Å². The van der Waals surface area contributed by atoms with Crippen LogP contribution < -0.4 is 60.2 Å². The van der Waals surface area contributed by atoms with Crippen LogP contribution in [-0.4, -0.2) is 148 Å². The maximum absolute atomic E-state index is 14.5. The molecule has 2 heterocycles. The van der Waals surface area contributed by atoms with Gasteiger partial charge in [-0.05, 0) is 67.4 Å². The number of amides is 11. The third-order valence-electron chi connectivity index (χ3n) is 11.6. The quantitative estimate of drug-likeness (QED) is 0.0711. The highest BCUT2D eigenvalue weighted by Crippen LogP contribution is 2.22. The highest BCUT2D eigenvalue weighted by Gasteiger charge is 2.41. The molecule has 382 valence electrons. The van der Waals surface area contributed by atoms with Crippen molar-refractivity contribution in [3.8, 4) is 5.75 Å². The van der Waals surface area contributed by atoms with Gasteiger partial charge in [-0.2, -0.15) is 11.8 Å². The Labute approximate surface area is 404 Å². The van der Waals surface area contributed by atoms with Crippen LogP contribution in [0.15, 0.2) is 24.3 Å². The number of aromatic hydroxyl groups is 1. The molecule has 25 heteroatoms. The first kappa shape index (κ1) is 56.8. The van der Waals surface area contributed by atoms with Crippen LogP contribution in [0.1, 0.15) is 84.6 Å². The largest absolute Gasteiger partial charge is 0.508 e. The highest BCUT2D eigenvalue weighted by atomic mass is 32.2. The van der Waals surface area contributed by atoms with Crippen molar-refractivity contribution in [1.29, 1.82) is 0 Å². The predicted octanol–water partition coefficient (Wildman–Crippen LogP) is -3.87. The monoisotopic (exact) mass is 988 g/mol. The van der Waals surface area contributed by atoms with Crippen LogP contribution in [-0.2, 0) is 59.2 Å². The number of hydrogen-bond donors (Lipinski definition) is 12. The van der Waals surface area contributed by atoms with Crippen LogP contribution in [0.3, 0.4) is 0 Å². The maximum atomic E-state index is 14.5. The molecule has 2 aliphatic heterocycles. The number of primary amides is 3. The van der Waals surface area contributed by atoms with E-state index in [0.717, 1.165) is 11.8 Å². The van der Waals surface area contributed by atoms with E-state index in [1.807, 2.05) is 13.8 Å². The molecule has 24 nitrogen and oxygen atoms in total. The Morgan fingerprint density at radius 3 is 2.03 bits per heavy atom. The Morgan fingerprint density at radius 2 is 1.42 bits per heavy atom. The number of phenolic OH excluding ortho intramolecular Hbond substituents is 1. The number of thioether (sulfide) groups is 1. The van der Waals surface area contributed by atoms with Crippen LogP contribution in [0.2, 0.25) is 0 Å². The van der Waals surface area contributed by atoms with E-state index in [1.54, 1.807) is 13.8 Å². The molecule has 0 radical (unpaired) electrons. The number of nitrogens with two attached hydrogens (primary N) is 4. The number of hydrogen-bond acceptors (Lipinski definition) is 14. The van der Waals surface area contributed by atoms with Crippen molar-refractivity contribution in [2.75, 3.05) is 24.6 Å². The summed E-state index contributed by atoms with van der Waals surface area (Å²) in [4.78, 5) is 148. The van der Waals surface area contributed by atoms with E-state index in [9.17, 15) is 57.8 Å². The summed E-state index contributed by atoms with van der Waals surface area (Å²) in [6, 6.07) is -4.94. The third-order valence-corrected chi connectivity index (χ3v) is 12.7. The van der Waals surface area contributed by atoms with Gasteiger partial charge in [-0.1, -0.05) is 46.2 Å². The van der Waals surface area contributed by atoms with Crippen LogP contribution >= 0.6 is 11.8 Å². The topological polar surface area (TPSA) is 400 Å². The Morgan fingerprint density at radius 1 is 0.797 bits per heavy atom. The Kier molecular flexibility index (Phi) is 22.6. The fraction of sp³-hybridized carbons (Fsp3) is 0.614. The van der Waals surface area contributed by atoms with Gasteiger partial charge in [-0.15, -0.1) is 0 Å². The molecule has 2 aliphatic rings. The van der Waals surface area contributed by atoms with Gasteiger partial charge in [0.15, 0.2) is 0 Å². The number of rotatable bonds is 17. The van der Waals surface area contributed by atoms with Gasteiger partial charge < -0.3 is 70.2 Å². The number of nitrogens with one attached hydrogen (secondary N) is 7. The van der Waals surface area contributed by atoms with Gasteiger partial charge in [-0.3, -0.25) is 52.7 Å². The normalized spacial score (nSPS) is 24.3. The molecule has 2 fully saturated rings. The average molecular weight is 989 g/mol. The van der Waals surface area contributed by atoms with E-state index in [1.165, 1.54) is 29.2 Å². The van der Waals surface area contributed by atoms with Gasteiger partial charge in [0, 0.05) is 25.1 Å². The molecule has 69 heavy (non-hydrogen) atoms. The van der Waals surface area contributed by atoms with E-state index >= 15 is 0 Å². The SMILES string of the molecule is CC[C@H](C)[C@@H]1NC(=O)[C@H](Cc2ccc(O)cc2)NC(=O)[C@@H](N)CSCC[C@@H](C(=O)N2CCC[C@H]2C(=O)N[C@@H](CC(C)C)C(=O)NCC(N)=O)NC(=O)[C@H](CC(N)=O)NC(=O)[C@H](CCC(N)=O)NC1=O. The molecular formula is C44H68N12O12S. The third kappa shape index (κ3) is 18.5. The molecule has 0 saturated carbocycles. The van der Waals surface area contributed by atoms with E-state index in [4.69, 9.17) is 22.9 Å². The zero-order chi connectivity index (χ0) is 51.5. The lowest BCUT2D eigenvalue weighted by Gasteiger charge is -2.31. The Balaban J connectivity index is 2.05. The summed E-state index contributed by atoms with van der Waals surface area (Å²) in [6.45, 7) is 6.62. The fourth-order valence-corrected chi connectivity index (χ4v) is 8.57. The van der Waals surface area contributed by atoms with Gasteiger partial charge >= 0.3 is 0 Å². The Hall–Kier alpha value is -6.50. The maximum Gasteiger partial charge on any atom is 0.245 e. The Bertz CT molecular complexity index is 2040. The minimum Gasteiger partial charge on any atom is -0.508 e. The molecule has 0 aliphatic carbocycles. The average Bonchev–Trinajstić information content (AvgIpc) is 3.78. The molecule has 0 bridgehead atoms. The lowest BCUT2D eigenvalue weighted by atomic mass is 9.96. The van der Waals surface area contributed by atoms with Crippen LogP contribution in [0.4, 0.5) is 0 Å². The van der Waals surface area contributed by atoms with Gasteiger partial charge in [0.25, 0.3) is 0 Å². The molecule has 3 rings (SSSR count). The summed E-state index contributed by atoms with van der Waals surface area (Å²) in [5.74, 6) is -9.97. The van der Waals surface area contributed by atoms with Crippen LogP contribution in [0, 0.1) is 11.8 Å². The van der Waals surface area contributed by atoms with E-state index in [2.05, 4.69) is 37.2 Å². The molecule has 16 N–H and O–H groups in total. The minimum absolute atomic E-state index is 0.0444. The molecule has 11 amide bonds. The summed E-state index contributed by atoms with van der Waals surface area (Å²) in [5, 5.41) is 27.7. The number of carbonyl (C=O) groups excluding carboxylic acids is 11. The van der Waals surface area contributed by atoms with Crippen molar-refractivity contribution in [2.45, 2.75) is 134 Å². The summed E-state index contributed by atoms with van der Waals surface area (Å²) in [6.07, 6.45) is -0.798. The second-order valence-electron chi connectivity index (χ2n) is 17.7. The summed E-state index contributed by atoms with van der Waals surface area (Å²) < 4.78 is 0. The summed E-state index contributed by atoms with van der Waals surface area (Å²) in [5.41, 5.74) is 23.0. The van der Waals surface area contributed by atoms with Crippen molar-refractivity contribution in [3.63, 3.8) is 0 Å². The number of carbonyl (C=O) groups is 11. The first-order chi connectivity index (χ1) is 32.5. The first-order valence-electron chi connectivity index (χ1n) is 22.9. The van der Waals surface area contributed by atoms with Gasteiger partial charge in [0.05, 0.1) is 19.0 Å². The number of phenols is 1. The van der Waals surface area contributed by atoms with Crippen molar-refractivity contribution in [1.82, 2.24) is 42.1 Å². The first-order valence-corrected chi connectivity index (χ1v) is 24.0. The van der Waals surface area contributed by atoms with Gasteiger partial charge in [-0.25, -0.2) is 0 Å². The molecule has 1 aromatic carbocycles. The van der Waals surface area contributed by atoms with Crippen molar-refractivity contribution in [3.05, 3.63) is 29.8 Å². The molecule has 0 spiro atoms. The standard InChI is InChI=1S/C44H68N12O12S/c1-5-23(4)36-43(67)50-27(12-13-33(46)58)39(63)53-31(19-34(47)59)40(64)51-28(14-16-69-21-26(45)37(61)52-30(41(65)55-36)18-24-8-10-25(57)11-9-24)44(68)56-15-6-7-32(56)42(66)54-29(17-22(2)3)38(62)49-20-35(48)60/h8-11,22-23,26-32,36,57H,5-7,12-21,45H2,1-4H3,(H2,46,58)(H2,47,59)(H2,48,60)(H,49,62)(H,50,67)(H,51,64)(H,52,61)(H,53,63)(H,54,66)(H,55,65)/t23-,26-,27-,28-,29-,30-,31-,32-,36-/m0/s1. The second kappa shape index (κ2) is 27.5. The lowest BCUT2D eigenvalue weighted by Crippen LogP contribution is -2.61. The minimum atomic E-state index is -1.74. The molecule has 2 saturated heterocycles. The zero-order valence-electron chi connectivity index (χ0n) is 39.4. The summed E-state index contributed by atoms with van der Waals surface area (Å²) in [7, 11) is 0. The smallest absolute Gasteiger partial charge is 0.245 e. The molecule has 0 aromatic heterocycles. The zero-order valence-corrected chi connectivity index (χ0v) is 40.2. The van der Waals surface area contributed by atoms with Crippen molar-refractivity contribution in [2.24, 2.45) is 34.8 Å². The molecular weight excluding hydrogens is 921 g/mol. The van der Waals surface area contributed by atoms with E-state index in [-0.39, 0.29) is 55.4 Å². The number of benzene rings is 1. The number of nitrogens with zero attached hydrogens (tertiary/aromatic N) is 1. The lowest BCUT2D eigenvalue weighted by molar-refractivity contribution is -0.142. The fourth-order valence-electron chi connectivity index (χ4n) is 7.60. The van der Waals surface area contributed by atoms with Crippen LogP contribution in [0.5, 0.6) is 5.75 Å². The predicted molar refractivity (Wildman–Crippen MR) is 251 cm³/mol. The van der Waals surface area contributed by atoms with Crippen molar-refractivity contribution >= 4 is 76.7 Å². The van der Waals surface area contributed by atoms with Gasteiger partial charge in [0.1, 0.15) is 48.0 Å².